The molecule has 0 atom stereocenters. The van der Waals surface area contributed by atoms with E-state index in [1.54, 1.807) is 13.8 Å². The average Bonchev–Trinajstić information content (AvgIpc) is 2.74. The maximum absolute atomic E-state index is 11.5. The molecule has 0 aliphatic rings. The standard InChI is InChI=1S/C27H30O5/c1-14-7-21(11-19-9-15(2)24(29)23(13-28)17(19)4)26(31)22(8-14)12-20-10-16(3)25(30)27(32-6)18(20)5/h7-10,13,29-31H,11-12H2,1-6H3. The zero-order valence-corrected chi connectivity index (χ0v) is 19.5. The maximum Gasteiger partial charge on any atom is 0.163 e. The van der Waals surface area contributed by atoms with Crippen molar-refractivity contribution in [1.82, 2.24) is 0 Å². The highest BCUT2D eigenvalue weighted by molar-refractivity contribution is 5.83. The fourth-order valence-corrected chi connectivity index (χ4v) is 4.32. The number of ether oxygens (including phenoxy) is 1. The van der Waals surface area contributed by atoms with Crippen LogP contribution in [0.3, 0.4) is 0 Å². The molecule has 0 unspecified atom stereocenters. The van der Waals surface area contributed by atoms with Gasteiger partial charge in [-0.05, 0) is 79.1 Å². The Morgan fingerprint density at radius 1 is 0.719 bits per heavy atom. The number of rotatable bonds is 6. The van der Waals surface area contributed by atoms with Crippen LogP contribution in [0.4, 0.5) is 0 Å². The number of benzene rings is 3. The lowest BCUT2D eigenvalue weighted by molar-refractivity contribution is 0.112. The van der Waals surface area contributed by atoms with E-state index in [2.05, 4.69) is 0 Å². The van der Waals surface area contributed by atoms with Crippen molar-refractivity contribution < 1.29 is 24.9 Å². The van der Waals surface area contributed by atoms with Gasteiger partial charge >= 0.3 is 0 Å². The third kappa shape index (κ3) is 4.15. The Kier molecular flexibility index (Phi) is 6.49. The second kappa shape index (κ2) is 8.95. The molecular formula is C27H30O5. The Hall–Kier alpha value is -3.47. The molecule has 0 aromatic heterocycles. The van der Waals surface area contributed by atoms with Crippen LogP contribution in [-0.2, 0) is 12.8 Å². The highest BCUT2D eigenvalue weighted by atomic mass is 16.5. The van der Waals surface area contributed by atoms with Crippen LogP contribution in [0.15, 0.2) is 24.3 Å². The van der Waals surface area contributed by atoms with Gasteiger partial charge < -0.3 is 20.1 Å². The topological polar surface area (TPSA) is 87.0 Å². The second-order valence-corrected chi connectivity index (χ2v) is 8.50. The second-order valence-electron chi connectivity index (χ2n) is 8.50. The lowest BCUT2D eigenvalue weighted by Gasteiger charge is -2.18. The first-order valence-corrected chi connectivity index (χ1v) is 10.5. The Morgan fingerprint density at radius 2 is 1.22 bits per heavy atom. The lowest BCUT2D eigenvalue weighted by Crippen LogP contribution is -2.02. The summed E-state index contributed by atoms with van der Waals surface area (Å²) in [6, 6.07) is 7.67. The molecule has 0 radical (unpaired) electrons. The zero-order chi connectivity index (χ0) is 23.7. The molecule has 0 spiro atoms. The number of aldehydes is 1. The van der Waals surface area contributed by atoms with E-state index in [1.807, 2.05) is 45.0 Å². The number of methoxy groups -OCH3 is 1. The summed E-state index contributed by atoms with van der Waals surface area (Å²) in [4.78, 5) is 11.5. The Bertz CT molecular complexity index is 1210. The molecule has 0 aliphatic carbocycles. The molecule has 3 aromatic rings. The summed E-state index contributed by atoms with van der Waals surface area (Å²) in [5.41, 5.74) is 7.56. The summed E-state index contributed by atoms with van der Waals surface area (Å²) in [7, 11) is 1.53. The Labute approximate surface area is 188 Å². The zero-order valence-electron chi connectivity index (χ0n) is 19.5. The summed E-state index contributed by atoms with van der Waals surface area (Å²) in [6.45, 7) is 9.26. The Balaban J connectivity index is 2.06. The predicted octanol–water partition coefficient (Wildman–Crippen LogP) is 5.35. The van der Waals surface area contributed by atoms with Gasteiger partial charge in [0.2, 0.25) is 0 Å². The highest BCUT2D eigenvalue weighted by Crippen LogP contribution is 2.38. The van der Waals surface area contributed by atoms with Gasteiger partial charge in [0.25, 0.3) is 0 Å². The van der Waals surface area contributed by atoms with Crippen molar-refractivity contribution in [3.05, 3.63) is 79.9 Å². The SMILES string of the molecule is COc1c(C)c(Cc2cc(C)cc(Cc3cc(C)c(O)c(C=O)c3C)c2O)cc(C)c1O. The van der Waals surface area contributed by atoms with Crippen molar-refractivity contribution in [2.45, 2.75) is 47.5 Å². The summed E-state index contributed by atoms with van der Waals surface area (Å²) in [5.74, 6) is 0.788. The van der Waals surface area contributed by atoms with Crippen LogP contribution in [0.2, 0.25) is 0 Å². The molecule has 0 heterocycles. The number of aromatic hydroxyl groups is 3. The number of carbonyl (C=O) groups is 1. The Morgan fingerprint density at radius 3 is 1.72 bits per heavy atom. The van der Waals surface area contributed by atoms with Crippen molar-refractivity contribution in [3.63, 3.8) is 0 Å². The number of hydrogen-bond donors (Lipinski definition) is 3. The fraction of sp³-hybridized carbons (Fsp3) is 0.296. The number of aryl methyl sites for hydroxylation is 3. The van der Waals surface area contributed by atoms with Crippen molar-refractivity contribution in [2.24, 2.45) is 0 Å². The molecule has 0 fully saturated rings. The third-order valence-corrected chi connectivity index (χ3v) is 6.20. The minimum Gasteiger partial charge on any atom is -0.507 e. The quantitative estimate of drug-likeness (QED) is 0.455. The molecular weight excluding hydrogens is 404 g/mol. The normalized spacial score (nSPS) is 10.9. The first-order chi connectivity index (χ1) is 15.1. The molecule has 3 N–H and O–H groups in total. The molecule has 0 bridgehead atoms. The van der Waals surface area contributed by atoms with Gasteiger partial charge in [0.1, 0.15) is 11.5 Å². The first kappa shape index (κ1) is 23.2. The minimum absolute atomic E-state index is 0.00234. The van der Waals surface area contributed by atoms with Crippen molar-refractivity contribution in [3.8, 4) is 23.0 Å². The van der Waals surface area contributed by atoms with Gasteiger partial charge in [0, 0.05) is 12.8 Å². The van der Waals surface area contributed by atoms with E-state index in [-0.39, 0.29) is 22.8 Å². The highest BCUT2D eigenvalue weighted by Gasteiger charge is 2.18. The smallest absolute Gasteiger partial charge is 0.163 e. The van der Waals surface area contributed by atoms with Gasteiger partial charge in [0.15, 0.2) is 17.8 Å². The summed E-state index contributed by atoms with van der Waals surface area (Å²) >= 11 is 0. The van der Waals surface area contributed by atoms with Gasteiger partial charge in [-0.2, -0.15) is 0 Å². The molecule has 5 heteroatoms. The molecule has 0 amide bonds. The van der Waals surface area contributed by atoms with Crippen LogP contribution < -0.4 is 4.74 Å². The molecule has 0 aliphatic heterocycles. The summed E-state index contributed by atoms with van der Waals surface area (Å²) < 4.78 is 5.39. The molecule has 5 nitrogen and oxygen atoms in total. The van der Waals surface area contributed by atoms with Crippen LogP contribution in [0.25, 0.3) is 0 Å². The van der Waals surface area contributed by atoms with Crippen LogP contribution >= 0.6 is 0 Å². The van der Waals surface area contributed by atoms with Crippen LogP contribution in [0.5, 0.6) is 23.0 Å². The van der Waals surface area contributed by atoms with Gasteiger partial charge in [0.05, 0.1) is 12.7 Å². The molecule has 32 heavy (non-hydrogen) atoms. The van der Waals surface area contributed by atoms with E-state index >= 15 is 0 Å². The molecule has 3 rings (SSSR count). The van der Waals surface area contributed by atoms with E-state index in [1.165, 1.54) is 7.11 Å². The van der Waals surface area contributed by atoms with Gasteiger partial charge in [-0.1, -0.05) is 29.8 Å². The van der Waals surface area contributed by atoms with E-state index < -0.39 is 0 Å². The molecule has 168 valence electrons. The number of phenols is 3. The van der Waals surface area contributed by atoms with Crippen LogP contribution in [0, 0.1) is 34.6 Å². The van der Waals surface area contributed by atoms with Crippen LogP contribution in [0.1, 0.15) is 60.4 Å². The monoisotopic (exact) mass is 434 g/mol. The van der Waals surface area contributed by atoms with Gasteiger partial charge in [-0.25, -0.2) is 0 Å². The summed E-state index contributed by atoms with van der Waals surface area (Å²) in [5, 5.41) is 31.6. The van der Waals surface area contributed by atoms with E-state index in [4.69, 9.17) is 4.74 Å². The van der Waals surface area contributed by atoms with Crippen molar-refractivity contribution >= 4 is 6.29 Å². The predicted molar refractivity (Wildman–Crippen MR) is 126 cm³/mol. The lowest BCUT2D eigenvalue weighted by atomic mass is 9.90. The van der Waals surface area contributed by atoms with Crippen molar-refractivity contribution in [1.29, 1.82) is 0 Å². The van der Waals surface area contributed by atoms with E-state index in [0.717, 1.165) is 33.4 Å². The third-order valence-electron chi connectivity index (χ3n) is 6.20. The van der Waals surface area contributed by atoms with E-state index in [0.29, 0.717) is 41.6 Å². The molecule has 0 saturated heterocycles. The number of hydrogen-bond acceptors (Lipinski definition) is 5. The van der Waals surface area contributed by atoms with Crippen molar-refractivity contribution in [2.75, 3.05) is 7.11 Å². The maximum atomic E-state index is 11.5. The fourth-order valence-electron chi connectivity index (χ4n) is 4.32. The first-order valence-electron chi connectivity index (χ1n) is 10.5. The summed E-state index contributed by atoms with van der Waals surface area (Å²) in [6.07, 6.45) is 1.59. The largest absolute Gasteiger partial charge is 0.507 e. The van der Waals surface area contributed by atoms with E-state index in [9.17, 15) is 20.1 Å². The number of phenolic OH excluding ortho intramolecular Hbond substituents is 3. The molecule has 3 aromatic carbocycles. The van der Waals surface area contributed by atoms with Gasteiger partial charge in [-0.3, -0.25) is 4.79 Å². The van der Waals surface area contributed by atoms with Crippen LogP contribution in [-0.4, -0.2) is 28.7 Å². The average molecular weight is 435 g/mol. The minimum atomic E-state index is 0.00234. The number of carbonyl (C=O) groups excluding carboxylic acids is 1. The molecule has 0 saturated carbocycles. The van der Waals surface area contributed by atoms with Gasteiger partial charge in [-0.15, -0.1) is 0 Å².